The third kappa shape index (κ3) is 2.32. The van der Waals surface area contributed by atoms with Crippen molar-refractivity contribution in [1.29, 1.82) is 0 Å². The molecule has 7 rings (SSSR count). The van der Waals surface area contributed by atoms with Crippen LogP contribution in [0.15, 0.2) is 109 Å². The molecular weight excluding hydrogens is 392 g/mol. The van der Waals surface area contributed by atoms with E-state index in [1.807, 2.05) is 24.5 Å². The number of hydrogen-bond donors (Lipinski definition) is 0. The van der Waals surface area contributed by atoms with Crippen LogP contribution in [-0.2, 0) is 0 Å². The quantitative estimate of drug-likeness (QED) is 0.319. The summed E-state index contributed by atoms with van der Waals surface area (Å²) in [5.74, 6) is 0. The predicted octanol–water partition coefficient (Wildman–Crippen LogP) is 6.67. The summed E-state index contributed by atoms with van der Waals surface area (Å²) in [7, 11) is 0. The molecule has 0 fully saturated rings. The average Bonchev–Trinajstić information content (AvgIpc) is 3.38. The van der Waals surface area contributed by atoms with Crippen LogP contribution in [0.5, 0.6) is 0 Å². The van der Waals surface area contributed by atoms with E-state index in [2.05, 4.69) is 104 Å². The molecule has 0 N–H and O–H groups in total. The molecule has 0 saturated carbocycles. The van der Waals surface area contributed by atoms with E-state index in [9.17, 15) is 0 Å². The van der Waals surface area contributed by atoms with Gasteiger partial charge in [-0.3, -0.25) is 9.97 Å². The standard InChI is InChI=1S/C28H18N4/c1-3-9-23-21(7-1)27-25(11-5-17-29-27)31(23)19-13-15-20(16-14-19)32-24-10-4-2-8-22(24)28-26(32)12-6-18-30-28/h1-18H. The third-order valence-corrected chi connectivity index (χ3v) is 6.22. The number of fused-ring (bicyclic) bond motifs is 6. The summed E-state index contributed by atoms with van der Waals surface area (Å²) in [6.45, 7) is 0. The molecule has 4 heteroatoms. The fourth-order valence-electron chi connectivity index (χ4n) is 4.87. The SMILES string of the molecule is c1ccc2c(c1)c1ncccc1n2-c1ccc(-n2c3ccccc3c3ncccc32)cc1. The number of benzene rings is 3. The molecular formula is C28H18N4. The minimum absolute atomic E-state index is 1.03. The van der Waals surface area contributed by atoms with Crippen molar-refractivity contribution >= 4 is 43.9 Å². The second-order valence-corrected chi connectivity index (χ2v) is 7.96. The monoisotopic (exact) mass is 410 g/mol. The molecule has 0 amide bonds. The van der Waals surface area contributed by atoms with Gasteiger partial charge in [0.2, 0.25) is 0 Å². The maximum atomic E-state index is 4.65. The van der Waals surface area contributed by atoms with Gasteiger partial charge in [0.05, 0.1) is 33.1 Å². The highest BCUT2D eigenvalue weighted by atomic mass is 15.0. The first-order valence-corrected chi connectivity index (χ1v) is 10.7. The van der Waals surface area contributed by atoms with Crippen LogP contribution < -0.4 is 0 Å². The van der Waals surface area contributed by atoms with Crippen LogP contribution in [0.2, 0.25) is 0 Å². The van der Waals surface area contributed by atoms with Crippen molar-refractivity contribution in [2.75, 3.05) is 0 Å². The number of aromatic nitrogens is 4. The van der Waals surface area contributed by atoms with Crippen molar-refractivity contribution in [3.63, 3.8) is 0 Å². The highest BCUT2D eigenvalue weighted by Gasteiger charge is 2.14. The molecule has 0 spiro atoms. The van der Waals surface area contributed by atoms with Crippen LogP contribution in [0.4, 0.5) is 0 Å². The molecule has 0 saturated heterocycles. The largest absolute Gasteiger partial charge is 0.308 e. The topological polar surface area (TPSA) is 35.6 Å². The van der Waals surface area contributed by atoms with Crippen LogP contribution in [0.3, 0.4) is 0 Å². The van der Waals surface area contributed by atoms with Crippen LogP contribution >= 0.6 is 0 Å². The van der Waals surface area contributed by atoms with Crippen molar-refractivity contribution in [1.82, 2.24) is 19.1 Å². The Hall–Kier alpha value is -4.44. The van der Waals surface area contributed by atoms with Gasteiger partial charge in [0.15, 0.2) is 0 Å². The summed E-state index contributed by atoms with van der Waals surface area (Å²) in [6.07, 6.45) is 3.72. The first-order valence-electron chi connectivity index (χ1n) is 10.7. The van der Waals surface area contributed by atoms with E-state index >= 15 is 0 Å². The number of pyridine rings is 2. The van der Waals surface area contributed by atoms with Crippen LogP contribution in [0.1, 0.15) is 0 Å². The van der Waals surface area contributed by atoms with E-state index in [1.54, 1.807) is 0 Å². The Bertz CT molecular complexity index is 1530. The van der Waals surface area contributed by atoms with Crippen molar-refractivity contribution in [2.45, 2.75) is 0 Å². The average molecular weight is 410 g/mol. The van der Waals surface area contributed by atoms with Gasteiger partial charge in [0.25, 0.3) is 0 Å². The number of nitrogens with zero attached hydrogens (tertiary/aromatic N) is 4. The lowest BCUT2D eigenvalue weighted by Crippen LogP contribution is -1.97. The number of rotatable bonds is 2. The Kier molecular flexibility index (Phi) is 3.52. The van der Waals surface area contributed by atoms with Gasteiger partial charge in [-0.1, -0.05) is 36.4 Å². The lowest BCUT2D eigenvalue weighted by Gasteiger charge is -2.11. The summed E-state index contributed by atoms with van der Waals surface area (Å²) >= 11 is 0. The predicted molar refractivity (Wildman–Crippen MR) is 131 cm³/mol. The molecule has 4 heterocycles. The molecule has 32 heavy (non-hydrogen) atoms. The number of hydrogen-bond acceptors (Lipinski definition) is 2. The first-order chi connectivity index (χ1) is 15.9. The Morgan fingerprint density at radius 2 is 0.812 bits per heavy atom. The van der Waals surface area contributed by atoms with Gasteiger partial charge < -0.3 is 9.13 Å². The van der Waals surface area contributed by atoms with Gasteiger partial charge in [-0.2, -0.15) is 0 Å². The lowest BCUT2D eigenvalue weighted by atomic mass is 10.2. The third-order valence-electron chi connectivity index (χ3n) is 6.22. The zero-order valence-corrected chi connectivity index (χ0v) is 17.2. The van der Waals surface area contributed by atoms with E-state index in [0.29, 0.717) is 0 Å². The summed E-state index contributed by atoms with van der Waals surface area (Å²) < 4.78 is 4.57. The summed E-state index contributed by atoms with van der Waals surface area (Å²) in [5, 5.41) is 2.33. The Labute approximate surface area is 184 Å². The van der Waals surface area contributed by atoms with Gasteiger partial charge in [0, 0.05) is 34.5 Å². The molecule has 0 atom stereocenters. The van der Waals surface area contributed by atoms with Crippen molar-refractivity contribution in [2.24, 2.45) is 0 Å². The molecule has 3 aromatic carbocycles. The fraction of sp³-hybridized carbons (Fsp3) is 0. The Morgan fingerprint density at radius 1 is 0.406 bits per heavy atom. The van der Waals surface area contributed by atoms with E-state index in [0.717, 1.165) is 44.5 Å². The lowest BCUT2D eigenvalue weighted by molar-refractivity contribution is 1.14. The molecule has 4 aromatic heterocycles. The Morgan fingerprint density at radius 3 is 1.28 bits per heavy atom. The maximum absolute atomic E-state index is 4.65. The fourth-order valence-corrected chi connectivity index (χ4v) is 4.87. The van der Waals surface area contributed by atoms with Crippen LogP contribution in [-0.4, -0.2) is 19.1 Å². The zero-order chi connectivity index (χ0) is 21.1. The van der Waals surface area contributed by atoms with Crippen LogP contribution in [0.25, 0.3) is 55.2 Å². The molecule has 0 aliphatic rings. The van der Waals surface area contributed by atoms with Crippen molar-refractivity contribution in [3.8, 4) is 11.4 Å². The zero-order valence-electron chi connectivity index (χ0n) is 17.2. The smallest absolute Gasteiger partial charge is 0.0963 e. The van der Waals surface area contributed by atoms with Crippen LogP contribution in [0, 0.1) is 0 Å². The molecule has 4 nitrogen and oxygen atoms in total. The van der Waals surface area contributed by atoms with E-state index in [1.165, 1.54) is 10.8 Å². The second kappa shape index (κ2) is 6.53. The normalized spacial score (nSPS) is 11.8. The van der Waals surface area contributed by atoms with Gasteiger partial charge in [-0.05, 0) is 60.7 Å². The van der Waals surface area contributed by atoms with E-state index in [-0.39, 0.29) is 0 Å². The highest BCUT2D eigenvalue weighted by Crippen LogP contribution is 2.33. The number of para-hydroxylation sites is 2. The minimum Gasteiger partial charge on any atom is -0.308 e. The molecule has 0 bridgehead atoms. The van der Waals surface area contributed by atoms with Crippen molar-refractivity contribution in [3.05, 3.63) is 109 Å². The first kappa shape index (κ1) is 17.3. The van der Waals surface area contributed by atoms with Crippen molar-refractivity contribution < 1.29 is 0 Å². The van der Waals surface area contributed by atoms with Gasteiger partial charge in [0.1, 0.15) is 0 Å². The Balaban J connectivity index is 1.47. The summed E-state index contributed by atoms with van der Waals surface area (Å²) in [6, 6.07) is 33.9. The van der Waals surface area contributed by atoms with E-state index in [4.69, 9.17) is 0 Å². The van der Waals surface area contributed by atoms with Gasteiger partial charge in [-0.15, -0.1) is 0 Å². The highest BCUT2D eigenvalue weighted by molar-refractivity contribution is 6.08. The molecule has 0 unspecified atom stereocenters. The van der Waals surface area contributed by atoms with Gasteiger partial charge >= 0.3 is 0 Å². The molecule has 0 aliphatic heterocycles. The molecule has 0 radical (unpaired) electrons. The molecule has 0 aliphatic carbocycles. The second-order valence-electron chi connectivity index (χ2n) is 7.96. The maximum Gasteiger partial charge on any atom is 0.0963 e. The molecule has 150 valence electrons. The summed E-state index contributed by atoms with van der Waals surface area (Å²) in [4.78, 5) is 9.30. The van der Waals surface area contributed by atoms with Gasteiger partial charge in [-0.25, -0.2) is 0 Å². The minimum atomic E-state index is 1.03. The van der Waals surface area contributed by atoms with E-state index < -0.39 is 0 Å². The molecule has 7 aromatic rings. The summed E-state index contributed by atoms with van der Waals surface area (Å²) in [5.41, 5.74) is 8.84.